The summed E-state index contributed by atoms with van der Waals surface area (Å²) >= 11 is 0. The molecule has 1 aliphatic heterocycles. The Morgan fingerprint density at radius 3 is 2.63 bits per heavy atom. The second-order valence-corrected chi connectivity index (χ2v) is 8.27. The van der Waals surface area contributed by atoms with Crippen LogP contribution >= 0.6 is 0 Å². The molecule has 0 spiro atoms. The van der Waals surface area contributed by atoms with Gasteiger partial charge in [0.15, 0.2) is 0 Å². The van der Waals surface area contributed by atoms with Gasteiger partial charge in [-0.15, -0.1) is 0 Å². The van der Waals surface area contributed by atoms with Gasteiger partial charge in [0.2, 0.25) is 0 Å². The van der Waals surface area contributed by atoms with Gasteiger partial charge in [0.1, 0.15) is 11.2 Å². The van der Waals surface area contributed by atoms with Gasteiger partial charge < -0.3 is 5.32 Å². The zero-order valence-corrected chi connectivity index (χ0v) is 17.5. The predicted molar refractivity (Wildman–Crippen MR) is 118 cm³/mol. The van der Waals surface area contributed by atoms with Crippen LogP contribution < -0.4 is 10.9 Å². The third-order valence-corrected chi connectivity index (χ3v) is 5.99. The largest absolute Gasteiger partial charge is 0.350 e. The number of hydrogen-bond donors (Lipinski definition) is 1. The molecule has 1 N–H and O–H groups in total. The van der Waals surface area contributed by atoms with Crippen LogP contribution in [0.4, 0.5) is 0 Å². The molecule has 1 unspecified atom stereocenters. The van der Waals surface area contributed by atoms with Crippen molar-refractivity contribution in [2.75, 3.05) is 19.6 Å². The lowest BCUT2D eigenvalue weighted by Gasteiger charge is -2.37. The monoisotopic (exact) mass is 404 g/mol. The molecule has 6 heteroatoms. The first-order valence-electron chi connectivity index (χ1n) is 10.6. The van der Waals surface area contributed by atoms with Crippen LogP contribution in [0.15, 0.2) is 59.7 Å². The van der Waals surface area contributed by atoms with E-state index < -0.39 is 0 Å². The molecule has 0 saturated carbocycles. The highest BCUT2D eigenvalue weighted by Gasteiger charge is 2.25. The van der Waals surface area contributed by atoms with E-state index in [9.17, 15) is 9.59 Å². The molecule has 6 nitrogen and oxygen atoms in total. The minimum absolute atomic E-state index is 0.0668. The number of likely N-dealkylation sites (tertiary alicyclic amines) is 1. The smallest absolute Gasteiger partial charge is 0.270 e. The third-order valence-electron chi connectivity index (χ3n) is 5.99. The third kappa shape index (κ3) is 4.28. The van der Waals surface area contributed by atoms with Gasteiger partial charge in [0.25, 0.3) is 11.5 Å². The Hall–Kier alpha value is -2.99. The Morgan fingerprint density at radius 1 is 1.17 bits per heavy atom. The summed E-state index contributed by atoms with van der Waals surface area (Å²) in [5.41, 5.74) is 2.37. The lowest BCUT2D eigenvalue weighted by Crippen LogP contribution is -2.42. The molecule has 3 heterocycles. The summed E-state index contributed by atoms with van der Waals surface area (Å²) in [7, 11) is 0. The fourth-order valence-corrected chi connectivity index (χ4v) is 4.10. The van der Waals surface area contributed by atoms with Crippen molar-refractivity contribution < 1.29 is 4.79 Å². The van der Waals surface area contributed by atoms with Gasteiger partial charge >= 0.3 is 0 Å². The van der Waals surface area contributed by atoms with Crippen molar-refractivity contribution in [1.82, 2.24) is 19.6 Å². The van der Waals surface area contributed by atoms with Crippen molar-refractivity contribution in [1.29, 1.82) is 0 Å². The average molecular weight is 405 g/mol. The minimum atomic E-state index is -0.380. The molecule has 1 atom stereocenters. The Kier molecular flexibility index (Phi) is 5.95. The highest BCUT2D eigenvalue weighted by molar-refractivity contribution is 5.93. The number of rotatable bonds is 5. The number of pyridine rings is 1. The lowest BCUT2D eigenvalue weighted by molar-refractivity contribution is 0.0911. The van der Waals surface area contributed by atoms with E-state index in [0.717, 1.165) is 37.4 Å². The van der Waals surface area contributed by atoms with E-state index in [1.165, 1.54) is 16.2 Å². The number of piperidine rings is 1. The number of hydrogen-bond acceptors (Lipinski definition) is 4. The van der Waals surface area contributed by atoms with Crippen molar-refractivity contribution in [3.63, 3.8) is 0 Å². The van der Waals surface area contributed by atoms with Crippen LogP contribution in [0, 0.1) is 12.8 Å². The van der Waals surface area contributed by atoms with E-state index >= 15 is 0 Å². The number of aryl methyl sites for hydroxylation is 1. The van der Waals surface area contributed by atoms with E-state index in [2.05, 4.69) is 34.3 Å². The number of amides is 1. The summed E-state index contributed by atoms with van der Waals surface area (Å²) in [6.45, 7) is 6.67. The lowest BCUT2D eigenvalue weighted by atomic mass is 9.95. The van der Waals surface area contributed by atoms with Gasteiger partial charge in [0.05, 0.1) is 6.04 Å². The van der Waals surface area contributed by atoms with Gasteiger partial charge in [-0.1, -0.05) is 43.3 Å². The van der Waals surface area contributed by atoms with E-state index in [1.54, 1.807) is 12.3 Å². The fraction of sp³-hybridized carbons (Fsp3) is 0.375. The molecule has 156 valence electrons. The molecular weight excluding hydrogens is 376 g/mol. The van der Waals surface area contributed by atoms with Gasteiger partial charge in [-0.2, -0.15) is 0 Å². The van der Waals surface area contributed by atoms with Crippen molar-refractivity contribution in [2.45, 2.75) is 32.7 Å². The van der Waals surface area contributed by atoms with E-state index in [0.29, 0.717) is 12.2 Å². The zero-order chi connectivity index (χ0) is 21.1. The number of carbonyl (C=O) groups is 1. The number of benzene rings is 1. The van der Waals surface area contributed by atoms with Crippen LogP contribution in [0.2, 0.25) is 0 Å². The Balaban J connectivity index is 1.55. The first-order valence-corrected chi connectivity index (χ1v) is 10.6. The van der Waals surface area contributed by atoms with Crippen molar-refractivity contribution in [3.8, 4) is 0 Å². The summed E-state index contributed by atoms with van der Waals surface area (Å²) in [5.74, 6) is 0.356. The van der Waals surface area contributed by atoms with Crippen molar-refractivity contribution in [3.05, 3.63) is 81.9 Å². The van der Waals surface area contributed by atoms with Crippen LogP contribution in [0.1, 0.15) is 47.3 Å². The fourth-order valence-electron chi connectivity index (χ4n) is 4.10. The number of nitrogens with one attached hydrogen (secondary N) is 1. The predicted octanol–water partition coefficient (Wildman–Crippen LogP) is 3.21. The Labute approximate surface area is 176 Å². The minimum Gasteiger partial charge on any atom is -0.350 e. The molecule has 4 rings (SSSR count). The molecule has 1 amide bonds. The van der Waals surface area contributed by atoms with Crippen molar-refractivity contribution >= 4 is 11.6 Å². The first-order chi connectivity index (χ1) is 14.5. The molecule has 1 aliphatic rings. The van der Waals surface area contributed by atoms with Gasteiger partial charge in [-0.25, -0.2) is 4.98 Å². The van der Waals surface area contributed by atoms with Crippen LogP contribution in [-0.2, 0) is 0 Å². The summed E-state index contributed by atoms with van der Waals surface area (Å²) in [5, 5.41) is 2.99. The topological polar surface area (TPSA) is 66.7 Å². The number of nitrogens with zero attached hydrogens (tertiary/aromatic N) is 3. The van der Waals surface area contributed by atoms with Gasteiger partial charge in [0, 0.05) is 18.9 Å². The summed E-state index contributed by atoms with van der Waals surface area (Å²) < 4.78 is 1.44. The SMILES string of the molecule is Cc1ccc2ncc(C(=O)NCC(c3ccccc3)N3CCC(C)CC3)c(=O)n2c1. The van der Waals surface area contributed by atoms with Gasteiger partial charge in [-0.3, -0.25) is 18.9 Å². The summed E-state index contributed by atoms with van der Waals surface area (Å²) in [6.07, 6.45) is 5.41. The van der Waals surface area contributed by atoms with E-state index in [-0.39, 0.29) is 23.1 Å². The number of fused-ring (bicyclic) bond motifs is 1. The Bertz CT molecular complexity index is 1090. The van der Waals surface area contributed by atoms with Crippen LogP contribution in [0.25, 0.3) is 5.65 Å². The maximum Gasteiger partial charge on any atom is 0.270 e. The summed E-state index contributed by atoms with van der Waals surface area (Å²) in [6, 6.07) is 14.0. The molecule has 2 aromatic heterocycles. The second-order valence-electron chi connectivity index (χ2n) is 8.27. The maximum atomic E-state index is 12.9. The van der Waals surface area contributed by atoms with E-state index in [4.69, 9.17) is 0 Å². The van der Waals surface area contributed by atoms with Crippen LogP contribution in [0.3, 0.4) is 0 Å². The van der Waals surface area contributed by atoms with E-state index in [1.807, 2.05) is 31.2 Å². The van der Waals surface area contributed by atoms with Crippen LogP contribution in [-0.4, -0.2) is 39.8 Å². The molecule has 0 aliphatic carbocycles. The van der Waals surface area contributed by atoms with Gasteiger partial charge in [-0.05, 0) is 56.0 Å². The second kappa shape index (κ2) is 8.79. The average Bonchev–Trinajstić information content (AvgIpc) is 2.76. The molecule has 1 aromatic carbocycles. The maximum absolute atomic E-state index is 12.9. The number of carbonyl (C=O) groups excluding carboxylic acids is 1. The Morgan fingerprint density at radius 2 is 1.90 bits per heavy atom. The normalized spacial score (nSPS) is 16.5. The first kappa shape index (κ1) is 20.3. The molecule has 30 heavy (non-hydrogen) atoms. The quantitative estimate of drug-likeness (QED) is 0.709. The molecular formula is C24H28N4O2. The zero-order valence-electron chi connectivity index (χ0n) is 17.5. The molecule has 1 saturated heterocycles. The number of aromatic nitrogens is 2. The molecule has 0 bridgehead atoms. The summed E-state index contributed by atoms with van der Waals surface area (Å²) in [4.78, 5) is 32.4. The molecule has 1 fully saturated rings. The van der Waals surface area contributed by atoms with Crippen molar-refractivity contribution in [2.24, 2.45) is 5.92 Å². The highest BCUT2D eigenvalue weighted by atomic mass is 16.2. The molecule has 3 aromatic rings. The standard InChI is InChI=1S/C24H28N4O2/c1-17-10-12-27(13-11-17)21(19-6-4-3-5-7-19)15-26-23(29)20-14-25-22-9-8-18(2)16-28(22)24(20)30/h3-9,14,16-17,21H,10-13,15H2,1-2H3,(H,26,29). The van der Waals surface area contributed by atoms with Crippen LogP contribution in [0.5, 0.6) is 0 Å². The molecule has 0 radical (unpaired) electrons. The highest BCUT2D eigenvalue weighted by Crippen LogP contribution is 2.26.